The normalized spacial score (nSPS) is 31.4. The molecule has 104 valence electrons. The van der Waals surface area contributed by atoms with Crippen LogP contribution in [0.5, 0.6) is 0 Å². The molecule has 4 rings (SSSR count). The van der Waals surface area contributed by atoms with Gasteiger partial charge < -0.3 is 10.3 Å². The van der Waals surface area contributed by atoms with Gasteiger partial charge in [-0.05, 0) is 42.9 Å². The Balaban J connectivity index is 1.67. The van der Waals surface area contributed by atoms with Crippen LogP contribution in [0, 0.1) is 17.7 Å². The summed E-state index contributed by atoms with van der Waals surface area (Å²) in [5, 5.41) is 3.92. The number of halogens is 2. The summed E-state index contributed by atoms with van der Waals surface area (Å²) < 4.78 is 20.0. The molecule has 0 spiro atoms. The highest BCUT2D eigenvalue weighted by molar-refractivity contribution is 9.10. The number of rotatable bonds is 2. The van der Waals surface area contributed by atoms with E-state index in [9.17, 15) is 4.39 Å². The smallest absolute Gasteiger partial charge is 0.230 e. The van der Waals surface area contributed by atoms with Gasteiger partial charge in [0.25, 0.3) is 0 Å². The lowest BCUT2D eigenvalue weighted by atomic mass is 10.0. The van der Waals surface area contributed by atoms with Crippen LogP contribution >= 0.6 is 15.9 Å². The topological polar surface area (TPSA) is 64.9 Å². The molecule has 2 aromatic rings. The van der Waals surface area contributed by atoms with Gasteiger partial charge in [0.1, 0.15) is 5.82 Å². The molecule has 4 nitrogen and oxygen atoms in total. The fourth-order valence-corrected chi connectivity index (χ4v) is 3.64. The third kappa shape index (κ3) is 1.90. The minimum atomic E-state index is -0.354. The maximum Gasteiger partial charge on any atom is 0.230 e. The molecule has 0 aliphatic heterocycles. The summed E-state index contributed by atoms with van der Waals surface area (Å²) in [6.45, 7) is 0. The Morgan fingerprint density at radius 1 is 1.30 bits per heavy atom. The highest BCUT2D eigenvalue weighted by Gasteiger charge is 2.55. The molecule has 2 saturated carbocycles. The zero-order valence-corrected chi connectivity index (χ0v) is 12.2. The summed E-state index contributed by atoms with van der Waals surface area (Å²) >= 11 is 3.32. The van der Waals surface area contributed by atoms with Gasteiger partial charge in [-0.15, -0.1) is 0 Å². The van der Waals surface area contributed by atoms with E-state index in [-0.39, 0.29) is 17.8 Å². The zero-order chi connectivity index (χ0) is 13.9. The number of benzene rings is 1. The SMILES string of the molecule is N[C@@H]1C[C@H](c2nc(-c3cc(Br)ccc3F)no2)[C@H]2C[C@H]21. The molecule has 4 atom stereocenters. The van der Waals surface area contributed by atoms with Crippen molar-refractivity contribution in [2.75, 3.05) is 0 Å². The third-order valence-corrected chi connectivity index (χ3v) is 4.91. The van der Waals surface area contributed by atoms with Crippen LogP contribution in [0.3, 0.4) is 0 Å². The Kier molecular flexibility index (Phi) is 2.72. The van der Waals surface area contributed by atoms with E-state index in [0.29, 0.717) is 29.1 Å². The number of hydrogen-bond donors (Lipinski definition) is 1. The standard InChI is InChI=1S/C14H13BrFN3O/c15-6-1-2-11(16)10(3-6)13-18-14(20-19-13)9-5-12(17)8-4-7(8)9/h1-3,7-9,12H,4-5,17H2/t7-,8+,9-,12+/m0/s1. The van der Waals surface area contributed by atoms with Gasteiger partial charge >= 0.3 is 0 Å². The Morgan fingerprint density at radius 3 is 2.85 bits per heavy atom. The van der Waals surface area contributed by atoms with Gasteiger partial charge in [-0.25, -0.2) is 4.39 Å². The van der Waals surface area contributed by atoms with Gasteiger partial charge in [0, 0.05) is 16.4 Å². The summed E-state index contributed by atoms with van der Waals surface area (Å²) in [5.74, 6) is 1.97. The van der Waals surface area contributed by atoms with Crippen LogP contribution < -0.4 is 5.73 Å². The first kappa shape index (κ1) is 12.5. The Labute approximate surface area is 123 Å². The highest BCUT2D eigenvalue weighted by Crippen LogP contribution is 2.58. The second-order valence-electron chi connectivity index (χ2n) is 5.65. The lowest BCUT2D eigenvalue weighted by Gasteiger charge is -2.07. The first-order valence-corrected chi connectivity index (χ1v) is 7.47. The first-order chi connectivity index (χ1) is 9.63. The molecule has 1 heterocycles. The van der Waals surface area contributed by atoms with Crippen LogP contribution in [0.1, 0.15) is 24.7 Å². The third-order valence-electron chi connectivity index (χ3n) is 4.41. The van der Waals surface area contributed by atoms with E-state index in [4.69, 9.17) is 10.3 Å². The maximum atomic E-state index is 13.8. The molecule has 0 bridgehead atoms. The second-order valence-corrected chi connectivity index (χ2v) is 6.57. The van der Waals surface area contributed by atoms with Gasteiger partial charge in [0.15, 0.2) is 0 Å². The lowest BCUT2D eigenvalue weighted by Crippen LogP contribution is -2.19. The molecule has 2 N–H and O–H groups in total. The van der Waals surface area contributed by atoms with E-state index in [2.05, 4.69) is 26.1 Å². The Bertz CT molecular complexity index is 674. The van der Waals surface area contributed by atoms with Crippen LogP contribution in [-0.4, -0.2) is 16.2 Å². The number of nitrogens with two attached hydrogens (primary N) is 1. The highest BCUT2D eigenvalue weighted by atomic mass is 79.9. The van der Waals surface area contributed by atoms with Crippen molar-refractivity contribution in [3.8, 4) is 11.4 Å². The lowest BCUT2D eigenvalue weighted by molar-refractivity contribution is 0.341. The molecule has 20 heavy (non-hydrogen) atoms. The molecule has 1 aromatic heterocycles. The second kappa shape index (κ2) is 4.36. The molecule has 0 amide bonds. The molecule has 0 saturated heterocycles. The van der Waals surface area contributed by atoms with Crippen molar-refractivity contribution in [1.82, 2.24) is 10.1 Å². The van der Waals surface area contributed by atoms with Gasteiger partial charge in [-0.3, -0.25) is 0 Å². The van der Waals surface area contributed by atoms with Crippen molar-refractivity contribution in [2.45, 2.75) is 24.8 Å². The zero-order valence-electron chi connectivity index (χ0n) is 10.6. The summed E-state index contributed by atoms with van der Waals surface area (Å²) in [5.41, 5.74) is 6.40. The van der Waals surface area contributed by atoms with Gasteiger partial charge in [-0.1, -0.05) is 21.1 Å². The summed E-state index contributed by atoms with van der Waals surface area (Å²) in [6.07, 6.45) is 2.03. The molecular formula is C14H13BrFN3O. The van der Waals surface area contributed by atoms with Crippen molar-refractivity contribution in [2.24, 2.45) is 17.6 Å². The monoisotopic (exact) mass is 337 g/mol. The minimum absolute atomic E-state index is 0.239. The summed E-state index contributed by atoms with van der Waals surface area (Å²) in [7, 11) is 0. The molecule has 2 aliphatic rings. The van der Waals surface area contributed by atoms with E-state index in [1.54, 1.807) is 12.1 Å². The number of nitrogens with zero attached hydrogens (tertiary/aromatic N) is 2. The Hall–Kier alpha value is -1.27. The number of aromatic nitrogens is 2. The molecule has 6 heteroatoms. The van der Waals surface area contributed by atoms with E-state index in [1.807, 2.05) is 0 Å². The fraction of sp³-hybridized carbons (Fsp3) is 0.429. The van der Waals surface area contributed by atoms with Crippen LogP contribution in [0.15, 0.2) is 27.2 Å². The molecule has 2 fully saturated rings. The average molecular weight is 338 g/mol. The predicted octanol–water partition coefficient (Wildman–Crippen LogP) is 3.09. The van der Waals surface area contributed by atoms with Crippen LogP contribution in [0.2, 0.25) is 0 Å². The number of fused-ring (bicyclic) bond motifs is 1. The van der Waals surface area contributed by atoms with E-state index in [1.165, 1.54) is 6.07 Å². The van der Waals surface area contributed by atoms with Crippen LogP contribution in [-0.2, 0) is 0 Å². The molecular weight excluding hydrogens is 325 g/mol. The predicted molar refractivity (Wildman–Crippen MR) is 74.3 cm³/mol. The van der Waals surface area contributed by atoms with E-state index < -0.39 is 0 Å². The number of hydrogen-bond acceptors (Lipinski definition) is 4. The van der Waals surface area contributed by atoms with Crippen molar-refractivity contribution < 1.29 is 8.91 Å². The fourth-order valence-electron chi connectivity index (χ4n) is 3.28. The van der Waals surface area contributed by atoms with E-state index >= 15 is 0 Å². The van der Waals surface area contributed by atoms with Gasteiger partial charge in [-0.2, -0.15) is 4.98 Å². The van der Waals surface area contributed by atoms with Crippen molar-refractivity contribution in [1.29, 1.82) is 0 Å². The summed E-state index contributed by atoms with van der Waals surface area (Å²) in [6, 6.07) is 4.93. The molecule has 0 radical (unpaired) electrons. The summed E-state index contributed by atoms with van der Waals surface area (Å²) in [4.78, 5) is 4.38. The van der Waals surface area contributed by atoms with Crippen molar-refractivity contribution in [3.63, 3.8) is 0 Å². The van der Waals surface area contributed by atoms with Crippen LogP contribution in [0.4, 0.5) is 4.39 Å². The first-order valence-electron chi connectivity index (χ1n) is 6.68. The van der Waals surface area contributed by atoms with Crippen molar-refractivity contribution in [3.05, 3.63) is 34.4 Å². The molecule has 2 aliphatic carbocycles. The largest absolute Gasteiger partial charge is 0.339 e. The van der Waals surface area contributed by atoms with Gasteiger partial charge in [0.2, 0.25) is 11.7 Å². The van der Waals surface area contributed by atoms with E-state index in [0.717, 1.165) is 17.3 Å². The van der Waals surface area contributed by atoms with Crippen molar-refractivity contribution >= 4 is 15.9 Å². The average Bonchev–Trinajstić information content (AvgIpc) is 2.95. The molecule has 0 unspecified atom stereocenters. The minimum Gasteiger partial charge on any atom is -0.339 e. The van der Waals surface area contributed by atoms with Crippen LogP contribution in [0.25, 0.3) is 11.4 Å². The quantitative estimate of drug-likeness (QED) is 0.914. The Morgan fingerprint density at radius 2 is 2.15 bits per heavy atom. The van der Waals surface area contributed by atoms with Gasteiger partial charge in [0.05, 0.1) is 5.56 Å². The maximum absolute atomic E-state index is 13.8. The molecule has 1 aromatic carbocycles.